The summed E-state index contributed by atoms with van der Waals surface area (Å²) in [5.74, 6) is -0.491. The van der Waals surface area contributed by atoms with Crippen LogP contribution >= 0.6 is 11.3 Å². The van der Waals surface area contributed by atoms with E-state index in [1.165, 1.54) is 11.3 Å². The molecule has 1 saturated heterocycles. The summed E-state index contributed by atoms with van der Waals surface area (Å²) in [5.41, 5.74) is 3.12. The molecule has 0 bridgehead atoms. The Morgan fingerprint density at radius 1 is 1.03 bits per heavy atom. The van der Waals surface area contributed by atoms with Crippen LogP contribution in [-0.4, -0.2) is 68.0 Å². The minimum Gasteiger partial charge on any atom is -0.462 e. The van der Waals surface area contributed by atoms with Crippen molar-refractivity contribution in [2.45, 2.75) is 46.1 Å². The lowest BCUT2D eigenvalue weighted by Gasteiger charge is -2.33. The first-order valence-electron chi connectivity index (χ1n) is 12.2. The van der Waals surface area contributed by atoms with Crippen LogP contribution in [0.25, 0.3) is 0 Å². The van der Waals surface area contributed by atoms with Gasteiger partial charge in [0.25, 0.3) is 5.91 Å². The summed E-state index contributed by atoms with van der Waals surface area (Å²) in [4.78, 5) is 29.0. The van der Waals surface area contributed by atoms with Crippen molar-refractivity contribution in [3.8, 4) is 0 Å². The number of hydrogen-bond acceptors (Lipinski definition) is 7. The molecule has 0 atom stereocenters. The third-order valence-electron chi connectivity index (χ3n) is 6.59. The Hall–Kier alpha value is -2.27. The Bertz CT molecular complexity index is 1170. The van der Waals surface area contributed by atoms with Crippen LogP contribution in [0.3, 0.4) is 0 Å². The number of hydrogen-bond donors (Lipinski definition) is 1. The Morgan fingerprint density at radius 2 is 1.71 bits per heavy atom. The Balaban J connectivity index is 1.39. The highest BCUT2D eigenvalue weighted by atomic mass is 32.2. The van der Waals surface area contributed by atoms with E-state index in [2.05, 4.69) is 10.2 Å². The zero-order valence-electron chi connectivity index (χ0n) is 20.3. The number of aryl methyl sites for hydroxylation is 1. The monoisotopic (exact) mass is 519 g/mol. The van der Waals surface area contributed by atoms with Crippen LogP contribution in [0.15, 0.2) is 24.3 Å². The summed E-state index contributed by atoms with van der Waals surface area (Å²) >= 11 is 1.48. The second-order valence-electron chi connectivity index (χ2n) is 8.86. The lowest BCUT2D eigenvalue weighted by atomic mass is 9.95. The van der Waals surface area contributed by atoms with Crippen molar-refractivity contribution in [2.75, 3.05) is 43.9 Å². The normalized spacial score (nSPS) is 17.1. The predicted octanol–water partition coefficient (Wildman–Crippen LogP) is 3.52. The second kappa shape index (κ2) is 11.2. The molecule has 2 heterocycles. The topological polar surface area (TPSA) is 96.0 Å². The van der Waals surface area contributed by atoms with Crippen molar-refractivity contribution in [1.82, 2.24) is 9.21 Å². The molecule has 10 heteroatoms. The largest absolute Gasteiger partial charge is 0.462 e. The maximum atomic E-state index is 13.0. The summed E-state index contributed by atoms with van der Waals surface area (Å²) in [7, 11) is -3.14. The van der Waals surface area contributed by atoms with Crippen molar-refractivity contribution in [3.05, 3.63) is 51.4 Å². The maximum Gasteiger partial charge on any atom is 0.341 e. The number of fused-ring (bicyclic) bond motifs is 1. The van der Waals surface area contributed by atoms with E-state index < -0.39 is 10.0 Å². The highest BCUT2D eigenvalue weighted by Gasteiger charge is 2.28. The van der Waals surface area contributed by atoms with Gasteiger partial charge in [0, 0.05) is 43.2 Å². The first kappa shape index (κ1) is 25.8. The van der Waals surface area contributed by atoms with Gasteiger partial charge in [-0.1, -0.05) is 12.1 Å². The van der Waals surface area contributed by atoms with Gasteiger partial charge in [-0.3, -0.25) is 9.69 Å². The number of thiophene rings is 1. The lowest BCUT2D eigenvalue weighted by molar-refractivity contribution is 0.0526. The molecule has 1 aliphatic heterocycles. The van der Waals surface area contributed by atoms with Crippen molar-refractivity contribution in [3.63, 3.8) is 0 Å². The third-order valence-corrected chi connectivity index (χ3v) is 9.68. The van der Waals surface area contributed by atoms with Crippen LogP contribution in [0.4, 0.5) is 5.00 Å². The number of sulfonamides is 1. The van der Waals surface area contributed by atoms with Gasteiger partial charge in [0.05, 0.1) is 17.9 Å². The van der Waals surface area contributed by atoms with Gasteiger partial charge in [-0.05, 0) is 62.8 Å². The molecule has 4 rings (SSSR count). The molecule has 0 radical (unpaired) electrons. The summed E-state index contributed by atoms with van der Waals surface area (Å²) in [6.07, 6.45) is 3.89. The lowest BCUT2D eigenvalue weighted by Crippen LogP contribution is -2.48. The highest BCUT2D eigenvalue weighted by Crippen LogP contribution is 2.38. The van der Waals surface area contributed by atoms with Crippen LogP contribution < -0.4 is 5.32 Å². The number of benzene rings is 1. The Labute approximate surface area is 211 Å². The fourth-order valence-corrected chi connectivity index (χ4v) is 6.97. The van der Waals surface area contributed by atoms with Crippen molar-refractivity contribution in [1.29, 1.82) is 0 Å². The summed E-state index contributed by atoms with van der Waals surface area (Å²) in [6, 6.07) is 7.44. The van der Waals surface area contributed by atoms with Gasteiger partial charge >= 0.3 is 5.97 Å². The number of nitrogens with one attached hydrogen (secondary N) is 1. The summed E-state index contributed by atoms with van der Waals surface area (Å²) in [6.45, 7) is 6.82. The first-order valence-corrected chi connectivity index (χ1v) is 14.7. The van der Waals surface area contributed by atoms with Crippen LogP contribution in [0.2, 0.25) is 0 Å². The number of nitrogens with zero attached hydrogens (tertiary/aromatic N) is 2. The van der Waals surface area contributed by atoms with Crippen LogP contribution in [-0.2, 0) is 34.1 Å². The molecule has 0 saturated carbocycles. The van der Waals surface area contributed by atoms with Gasteiger partial charge in [-0.15, -0.1) is 11.3 Å². The van der Waals surface area contributed by atoms with E-state index >= 15 is 0 Å². The van der Waals surface area contributed by atoms with Gasteiger partial charge < -0.3 is 10.1 Å². The van der Waals surface area contributed by atoms with Gasteiger partial charge in [0.15, 0.2) is 0 Å². The summed E-state index contributed by atoms with van der Waals surface area (Å²) in [5, 5.41) is 3.53. The zero-order valence-corrected chi connectivity index (χ0v) is 22.0. The SMILES string of the molecule is CCOC(=O)c1c(NC(=O)c2ccc(CN3CCN(S(=O)(=O)CC)CC3)cc2)sc2c1CCCC2. The molecule has 1 fully saturated rings. The van der Waals surface area contributed by atoms with Crippen LogP contribution in [0.5, 0.6) is 0 Å². The molecular formula is C25H33N3O5S2. The van der Waals surface area contributed by atoms with Crippen molar-refractivity contribution >= 4 is 38.2 Å². The van der Waals surface area contributed by atoms with E-state index in [9.17, 15) is 18.0 Å². The fraction of sp³-hybridized carbons (Fsp3) is 0.520. The van der Waals surface area contributed by atoms with Gasteiger partial charge in [-0.25, -0.2) is 13.2 Å². The van der Waals surface area contributed by atoms with E-state index in [1.807, 2.05) is 12.1 Å². The van der Waals surface area contributed by atoms with E-state index in [4.69, 9.17) is 4.74 Å². The van der Waals surface area contributed by atoms with Gasteiger partial charge in [0.1, 0.15) is 5.00 Å². The molecule has 190 valence electrons. The number of carbonyl (C=O) groups is 2. The molecule has 1 aromatic carbocycles. The Kier molecular flexibility index (Phi) is 8.26. The number of carbonyl (C=O) groups excluding carboxylic acids is 2. The number of anilines is 1. The maximum absolute atomic E-state index is 13.0. The van der Waals surface area contributed by atoms with Crippen molar-refractivity contribution in [2.24, 2.45) is 0 Å². The third kappa shape index (κ3) is 5.94. The standard InChI is InChI=1S/C25H33N3O5S2/c1-3-33-25(30)22-20-7-5-6-8-21(20)34-24(22)26-23(29)19-11-9-18(10-12-19)17-27-13-15-28(16-14-27)35(31,32)4-2/h9-12H,3-8,13-17H2,1-2H3,(H,26,29). The number of rotatable bonds is 8. The van der Waals surface area contributed by atoms with Crippen LogP contribution in [0.1, 0.15) is 63.4 Å². The minimum absolute atomic E-state index is 0.131. The molecule has 1 amide bonds. The van der Waals surface area contributed by atoms with E-state index in [-0.39, 0.29) is 17.6 Å². The predicted molar refractivity (Wildman–Crippen MR) is 138 cm³/mol. The quantitative estimate of drug-likeness (QED) is 0.536. The van der Waals surface area contributed by atoms with E-state index in [0.29, 0.717) is 55.5 Å². The zero-order chi connectivity index (χ0) is 25.0. The number of piperazine rings is 1. The minimum atomic E-state index is -3.14. The average molecular weight is 520 g/mol. The smallest absolute Gasteiger partial charge is 0.341 e. The molecule has 35 heavy (non-hydrogen) atoms. The summed E-state index contributed by atoms with van der Waals surface area (Å²) < 4.78 is 30.9. The van der Waals surface area contributed by atoms with E-state index in [0.717, 1.165) is 41.7 Å². The molecule has 0 spiro atoms. The molecule has 2 aromatic rings. The molecule has 1 N–H and O–H groups in total. The molecule has 0 unspecified atom stereocenters. The molecule has 1 aromatic heterocycles. The number of ether oxygens (including phenoxy) is 1. The number of esters is 1. The molecular weight excluding hydrogens is 486 g/mol. The number of amides is 1. The molecule has 1 aliphatic carbocycles. The first-order chi connectivity index (χ1) is 16.8. The molecule has 2 aliphatic rings. The van der Waals surface area contributed by atoms with E-state index in [1.54, 1.807) is 30.3 Å². The average Bonchev–Trinajstić information content (AvgIpc) is 3.23. The molecule has 8 nitrogen and oxygen atoms in total. The fourth-order valence-electron chi connectivity index (χ4n) is 4.62. The van der Waals surface area contributed by atoms with Crippen molar-refractivity contribution < 1.29 is 22.7 Å². The Morgan fingerprint density at radius 3 is 2.37 bits per heavy atom. The second-order valence-corrected chi connectivity index (χ2v) is 12.2. The van der Waals surface area contributed by atoms with Gasteiger partial charge in [-0.2, -0.15) is 4.31 Å². The van der Waals surface area contributed by atoms with Gasteiger partial charge in [0.2, 0.25) is 10.0 Å². The highest BCUT2D eigenvalue weighted by molar-refractivity contribution is 7.89. The van der Waals surface area contributed by atoms with Crippen LogP contribution in [0, 0.1) is 0 Å².